The van der Waals surface area contributed by atoms with Gasteiger partial charge >= 0.3 is 6.18 Å². The number of nitriles is 1. The molecule has 2 nitrogen and oxygen atoms in total. The van der Waals surface area contributed by atoms with Crippen LogP contribution in [0.5, 0.6) is 0 Å². The molecule has 20 heavy (non-hydrogen) atoms. The molecule has 1 fully saturated rings. The molecule has 0 spiro atoms. The fraction of sp³-hybridized carbons (Fsp3) is 0.533. The van der Waals surface area contributed by atoms with Crippen molar-refractivity contribution in [2.45, 2.75) is 32.4 Å². The lowest BCUT2D eigenvalue weighted by Gasteiger charge is -2.21. The van der Waals surface area contributed by atoms with E-state index in [1.54, 1.807) is 0 Å². The maximum atomic E-state index is 12.7. The lowest BCUT2D eigenvalue weighted by atomic mass is 10.0. The first-order valence-electron chi connectivity index (χ1n) is 6.82. The van der Waals surface area contributed by atoms with Crippen molar-refractivity contribution in [3.05, 3.63) is 29.3 Å². The zero-order chi connectivity index (χ0) is 14.8. The standard InChI is InChI=1S/C15H17F3N2/c1-2-3-11-6-7-20(10-11)14-5-4-13(15(16,17)18)8-12(14)9-19/h4-5,8,11H,2-3,6-7,10H2,1H3. The Bertz CT molecular complexity index is 517. The van der Waals surface area contributed by atoms with Gasteiger partial charge in [0.15, 0.2) is 0 Å². The highest BCUT2D eigenvalue weighted by atomic mass is 19.4. The number of benzene rings is 1. The SMILES string of the molecule is CCCC1CCN(c2ccc(C(F)(F)F)cc2C#N)C1. The summed E-state index contributed by atoms with van der Waals surface area (Å²) >= 11 is 0. The maximum absolute atomic E-state index is 12.7. The number of hydrogen-bond donors (Lipinski definition) is 0. The first-order valence-corrected chi connectivity index (χ1v) is 6.82. The van der Waals surface area contributed by atoms with Gasteiger partial charge in [-0.3, -0.25) is 0 Å². The summed E-state index contributed by atoms with van der Waals surface area (Å²) in [5, 5.41) is 9.09. The molecule has 1 aromatic carbocycles. The van der Waals surface area contributed by atoms with Gasteiger partial charge in [-0.25, -0.2) is 0 Å². The second kappa shape index (κ2) is 5.74. The van der Waals surface area contributed by atoms with Crippen molar-refractivity contribution < 1.29 is 13.2 Å². The number of anilines is 1. The summed E-state index contributed by atoms with van der Waals surface area (Å²) in [4.78, 5) is 2.03. The van der Waals surface area contributed by atoms with Gasteiger partial charge in [0.1, 0.15) is 6.07 Å². The lowest BCUT2D eigenvalue weighted by Crippen LogP contribution is -2.21. The van der Waals surface area contributed by atoms with E-state index in [4.69, 9.17) is 5.26 Å². The summed E-state index contributed by atoms with van der Waals surface area (Å²) in [5.74, 6) is 0.578. The van der Waals surface area contributed by atoms with Crippen LogP contribution in [0.2, 0.25) is 0 Å². The first-order chi connectivity index (χ1) is 9.45. The Balaban J connectivity index is 2.23. The third kappa shape index (κ3) is 3.06. The Morgan fingerprint density at radius 1 is 1.40 bits per heavy atom. The van der Waals surface area contributed by atoms with Crippen LogP contribution < -0.4 is 4.90 Å². The van der Waals surface area contributed by atoms with Crippen molar-refractivity contribution in [3.8, 4) is 6.07 Å². The van der Waals surface area contributed by atoms with Crippen LogP contribution in [0.25, 0.3) is 0 Å². The molecule has 0 N–H and O–H groups in total. The number of hydrogen-bond acceptors (Lipinski definition) is 2. The highest BCUT2D eigenvalue weighted by Crippen LogP contribution is 2.34. The topological polar surface area (TPSA) is 27.0 Å². The summed E-state index contributed by atoms with van der Waals surface area (Å²) in [7, 11) is 0. The third-order valence-electron chi connectivity index (χ3n) is 3.77. The highest BCUT2D eigenvalue weighted by molar-refractivity contribution is 5.61. The Labute approximate surface area is 116 Å². The van der Waals surface area contributed by atoms with Crippen LogP contribution in [0.15, 0.2) is 18.2 Å². The van der Waals surface area contributed by atoms with E-state index in [9.17, 15) is 13.2 Å². The molecule has 5 heteroatoms. The summed E-state index contributed by atoms with van der Waals surface area (Å²) in [6.07, 6.45) is -1.13. The van der Waals surface area contributed by atoms with Crippen LogP contribution in [0.4, 0.5) is 18.9 Å². The smallest absolute Gasteiger partial charge is 0.370 e. The summed E-state index contributed by atoms with van der Waals surface area (Å²) in [6.45, 7) is 3.76. The van der Waals surface area contributed by atoms with E-state index >= 15 is 0 Å². The van der Waals surface area contributed by atoms with Crippen LogP contribution >= 0.6 is 0 Å². The van der Waals surface area contributed by atoms with Gasteiger partial charge in [0.05, 0.1) is 16.8 Å². The Hall–Kier alpha value is -1.70. The molecule has 0 saturated carbocycles. The van der Waals surface area contributed by atoms with E-state index in [0.717, 1.165) is 44.5 Å². The van der Waals surface area contributed by atoms with Gasteiger partial charge in [0.2, 0.25) is 0 Å². The highest BCUT2D eigenvalue weighted by Gasteiger charge is 2.32. The number of nitrogens with zero attached hydrogens (tertiary/aromatic N) is 2. The zero-order valence-electron chi connectivity index (χ0n) is 11.4. The van der Waals surface area contributed by atoms with E-state index in [0.29, 0.717) is 11.6 Å². The van der Waals surface area contributed by atoms with Gasteiger partial charge in [-0.05, 0) is 37.0 Å². The largest absolute Gasteiger partial charge is 0.416 e. The number of alkyl halides is 3. The minimum atomic E-state index is -4.40. The molecular weight excluding hydrogens is 265 g/mol. The molecule has 0 radical (unpaired) electrons. The second-order valence-corrected chi connectivity index (χ2v) is 5.23. The second-order valence-electron chi connectivity index (χ2n) is 5.23. The van der Waals surface area contributed by atoms with Crippen molar-refractivity contribution in [1.82, 2.24) is 0 Å². The predicted octanol–water partition coefficient (Wildman–Crippen LogP) is 4.20. The van der Waals surface area contributed by atoms with Crippen molar-refractivity contribution in [3.63, 3.8) is 0 Å². The molecule has 1 unspecified atom stereocenters. The normalized spacial score (nSPS) is 19.1. The van der Waals surface area contributed by atoms with Crippen molar-refractivity contribution in [2.75, 3.05) is 18.0 Å². The molecule has 1 atom stereocenters. The molecule has 0 amide bonds. The molecule has 0 aromatic heterocycles. The summed E-state index contributed by atoms with van der Waals surface area (Å²) < 4.78 is 38.0. The van der Waals surface area contributed by atoms with E-state index < -0.39 is 11.7 Å². The molecule has 1 heterocycles. The molecule has 1 aromatic rings. The van der Waals surface area contributed by atoms with Crippen LogP contribution in [0.1, 0.15) is 37.3 Å². The monoisotopic (exact) mass is 282 g/mol. The fourth-order valence-electron chi connectivity index (χ4n) is 2.77. The average Bonchev–Trinajstić information content (AvgIpc) is 2.86. The molecule has 0 aliphatic carbocycles. The van der Waals surface area contributed by atoms with Crippen LogP contribution in [0, 0.1) is 17.2 Å². The average molecular weight is 282 g/mol. The van der Waals surface area contributed by atoms with E-state index in [1.807, 2.05) is 11.0 Å². The van der Waals surface area contributed by atoms with Gasteiger partial charge in [0, 0.05) is 13.1 Å². The molecule has 108 valence electrons. The third-order valence-corrected chi connectivity index (χ3v) is 3.77. The molecular formula is C15H17F3N2. The predicted molar refractivity (Wildman–Crippen MR) is 71.4 cm³/mol. The zero-order valence-corrected chi connectivity index (χ0v) is 11.4. The Morgan fingerprint density at radius 2 is 2.15 bits per heavy atom. The molecule has 2 rings (SSSR count). The lowest BCUT2D eigenvalue weighted by molar-refractivity contribution is -0.137. The maximum Gasteiger partial charge on any atom is 0.416 e. The molecule has 1 aliphatic rings. The molecule has 1 saturated heterocycles. The number of rotatable bonds is 3. The van der Waals surface area contributed by atoms with Crippen LogP contribution in [0.3, 0.4) is 0 Å². The van der Waals surface area contributed by atoms with Crippen molar-refractivity contribution >= 4 is 5.69 Å². The van der Waals surface area contributed by atoms with Crippen molar-refractivity contribution in [2.24, 2.45) is 5.92 Å². The minimum absolute atomic E-state index is 0.108. The summed E-state index contributed by atoms with van der Waals surface area (Å²) in [5.41, 5.74) is -0.0295. The van der Waals surface area contributed by atoms with Crippen LogP contribution in [-0.2, 0) is 6.18 Å². The van der Waals surface area contributed by atoms with E-state index in [2.05, 4.69) is 6.92 Å². The van der Waals surface area contributed by atoms with Crippen molar-refractivity contribution in [1.29, 1.82) is 5.26 Å². The molecule has 0 bridgehead atoms. The van der Waals surface area contributed by atoms with E-state index in [1.165, 1.54) is 6.07 Å². The van der Waals surface area contributed by atoms with Gasteiger partial charge in [-0.2, -0.15) is 18.4 Å². The summed E-state index contributed by atoms with van der Waals surface area (Å²) in [6, 6.07) is 5.32. The fourth-order valence-corrected chi connectivity index (χ4v) is 2.77. The first kappa shape index (κ1) is 14.7. The minimum Gasteiger partial charge on any atom is -0.370 e. The van der Waals surface area contributed by atoms with Gasteiger partial charge in [0.25, 0.3) is 0 Å². The Morgan fingerprint density at radius 3 is 2.75 bits per heavy atom. The number of halogens is 3. The molecule has 1 aliphatic heterocycles. The quantitative estimate of drug-likeness (QED) is 0.830. The van der Waals surface area contributed by atoms with Gasteiger partial charge in [-0.1, -0.05) is 13.3 Å². The van der Waals surface area contributed by atoms with E-state index in [-0.39, 0.29) is 5.56 Å². The van der Waals surface area contributed by atoms with Gasteiger partial charge in [-0.15, -0.1) is 0 Å². The van der Waals surface area contributed by atoms with Crippen LogP contribution in [-0.4, -0.2) is 13.1 Å². The van der Waals surface area contributed by atoms with Gasteiger partial charge < -0.3 is 4.90 Å². The Kier molecular flexibility index (Phi) is 4.22.